The van der Waals surface area contributed by atoms with Crippen molar-refractivity contribution in [1.82, 2.24) is 20.2 Å². The molecule has 19 heteroatoms. The number of methoxy groups -OCH3 is 4. The van der Waals surface area contributed by atoms with Crippen LogP contribution in [0.25, 0.3) is 21.8 Å². The maximum absolute atomic E-state index is 9.82. The first-order valence-electron chi connectivity index (χ1n) is 26.4. The number of thioether (sulfide) groups is 2. The zero-order chi connectivity index (χ0) is 56.6. The topological polar surface area (TPSA) is 187 Å². The summed E-state index contributed by atoms with van der Waals surface area (Å²) in [5, 5.41) is 31.0. The maximum Gasteiger partial charge on any atom is 0.169 e. The van der Waals surface area contributed by atoms with Crippen molar-refractivity contribution in [1.29, 1.82) is 10.5 Å². The van der Waals surface area contributed by atoms with Crippen LogP contribution in [0.1, 0.15) is 24.0 Å². The minimum atomic E-state index is 0.407. The molecule has 0 bridgehead atoms. The van der Waals surface area contributed by atoms with E-state index in [-0.39, 0.29) is 0 Å². The second-order valence-corrected chi connectivity index (χ2v) is 20.9. The number of benzene rings is 6. The monoisotopic (exact) mass is 1150 g/mol. The summed E-state index contributed by atoms with van der Waals surface area (Å²) < 4.78 is 45.8. The molecule has 10 rings (SSSR count). The summed E-state index contributed by atoms with van der Waals surface area (Å²) in [7, 11) is 6.41. The van der Waals surface area contributed by atoms with E-state index in [1.807, 2.05) is 139 Å². The van der Waals surface area contributed by atoms with Crippen molar-refractivity contribution >= 4 is 79.7 Å². The van der Waals surface area contributed by atoms with Crippen LogP contribution >= 0.6 is 35.1 Å². The first kappa shape index (κ1) is 59.2. The van der Waals surface area contributed by atoms with E-state index in [0.29, 0.717) is 117 Å². The zero-order valence-electron chi connectivity index (χ0n) is 45.8. The van der Waals surface area contributed by atoms with Crippen molar-refractivity contribution in [3.8, 4) is 69.6 Å². The highest BCUT2D eigenvalue weighted by molar-refractivity contribution is 7.99. The molecule has 2 aliphatic rings. The number of fused-ring (bicyclic) bond motifs is 2. The Kier molecular flexibility index (Phi) is 22.7. The number of ether oxygens (including phenoxy) is 8. The largest absolute Gasteiger partial charge is 0.493 e. The van der Waals surface area contributed by atoms with Gasteiger partial charge in [-0.05, 0) is 97.8 Å². The Balaban J connectivity index is 0.000000194. The molecular weight excluding hydrogens is 1080 g/mol. The Morgan fingerprint density at radius 1 is 0.543 bits per heavy atom. The molecule has 0 amide bonds. The lowest BCUT2D eigenvalue weighted by Crippen LogP contribution is -2.33. The van der Waals surface area contributed by atoms with Crippen LogP contribution in [0.3, 0.4) is 0 Å². The highest BCUT2D eigenvalue weighted by Gasteiger charge is 2.18. The highest BCUT2D eigenvalue weighted by Crippen LogP contribution is 2.40. The lowest BCUT2D eigenvalue weighted by Gasteiger charge is -2.26. The van der Waals surface area contributed by atoms with Crippen molar-refractivity contribution in [3.63, 3.8) is 0 Å². The van der Waals surface area contributed by atoms with Gasteiger partial charge in [-0.15, -0.1) is 11.6 Å². The summed E-state index contributed by atoms with van der Waals surface area (Å²) in [6, 6.07) is 41.7. The number of alkyl halides is 1. The standard InChI is InChI=1S/C31H32N4O4S.C27H24ClN3O4.C4H9NS/c1-36-27-6-3-4-7-28(27)39-24-10-8-23(9-11-24)34-31-22(20-32)21-33-26-19-30(29(37-2)18-25(26)31)38-15-5-12-35-13-16-40-17-14-35;1-32-23-6-3-4-7-24(23)35-20-10-8-19(9-11-20)31-27-18(16-29)17-30-22-15-26(34-13-5-12-28)25(33-2)14-21(22)27;1-3-6-4-2-5-1/h3-4,6-11,18-19,21H,5,12-17H2,1-2H3,(H,33,34);3-4,6-11,14-15,17H,5,12-13H2,1-2H3,(H,30,31);5H,1-4H2. The van der Waals surface area contributed by atoms with Gasteiger partial charge in [0.25, 0.3) is 0 Å². The normalized spacial score (nSPS) is 12.9. The number of anilines is 4. The van der Waals surface area contributed by atoms with Crippen LogP contribution in [0, 0.1) is 22.7 Å². The van der Waals surface area contributed by atoms with Crippen molar-refractivity contribution in [2.24, 2.45) is 0 Å². The molecule has 2 aliphatic heterocycles. The van der Waals surface area contributed by atoms with Gasteiger partial charge in [-0.2, -0.15) is 34.0 Å². The van der Waals surface area contributed by atoms with Gasteiger partial charge in [0.2, 0.25) is 0 Å². The molecule has 2 aromatic heterocycles. The summed E-state index contributed by atoms with van der Waals surface area (Å²) in [4.78, 5) is 11.5. The number of nitrogens with zero attached hydrogens (tertiary/aromatic N) is 5. The lowest BCUT2D eigenvalue weighted by molar-refractivity contribution is 0.242. The fourth-order valence-corrected chi connectivity index (χ4v) is 10.5. The fraction of sp³-hybridized carbons (Fsp3) is 0.290. The lowest BCUT2D eigenvalue weighted by atomic mass is 10.1. The van der Waals surface area contributed by atoms with Crippen LogP contribution in [0.15, 0.2) is 134 Å². The number of rotatable bonds is 21. The maximum atomic E-state index is 9.82. The van der Waals surface area contributed by atoms with E-state index in [1.165, 1.54) is 36.1 Å². The summed E-state index contributed by atoms with van der Waals surface area (Å²) in [6.07, 6.45) is 4.77. The Morgan fingerprint density at radius 3 is 1.37 bits per heavy atom. The van der Waals surface area contributed by atoms with Crippen LogP contribution in [-0.2, 0) is 0 Å². The molecule has 0 aliphatic carbocycles. The number of aromatic nitrogens is 2. The Bertz CT molecular complexity index is 3380. The molecule has 81 heavy (non-hydrogen) atoms. The number of nitriles is 2. The van der Waals surface area contributed by atoms with E-state index >= 15 is 0 Å². The number of para-hydroxylation sites is 4. The third kappa shape index (κ3) is 16.6. The van der Waals surface area contributed by atoms with Gasteiger partial charge in [-0.1, -0.05) is 24.3 Å². The van der Waals surface area contributed by atoms with Gasteiger partial charge in [-0.3, -0.25) is 9.97 Å². The molecule has 0 saturated carbocycles. The zero-order valence-corrected chi connectivity index (χ0v) is 48.2. The summed E-state index contributed by atoms with van der Waals surface area (Å²) >= 11 is 9.80. The first-order chi connectivity index (χ1) is 39.8. The third-order valence-corrected chi connectivity index (χ3v) is 14.9. The minimum absolute atomic E-state index is 0.407. The quantitative estimate of drug-likeness (QED) is 0.0455. The van der Waals surface area contributed by atoms with Gasteiger partial charge < -0.3 is 58.7 Å². The second kappa shape index (κ2) is 31.1. The fourth-order valence-electron chi connectivity index (χ4n) is 8.59. The second-order valence-electron chi connectivity index (χ2n) is 18.1. The summed E-state index contributed by atoms with van der Waals surface area (Å²) in [5.41, 5.74) is 5.07. The molecule has 0 spiro atoms. The smallest absolute Gasteiger partial charge is 0.169 e. The Morgan fingerprint density at radius 2 is 0.975 bits per heavy atom. The Hall–Kier alpha value is -7.97. The molecule has 3 N–H and O–H groups in total. The third-order valence-electron chi connectivity index (χ3n) is 12.8. The van der Waals surface area contributed by atoms with Gasteiger partial charge in [0.05, 0.1) is 75.2 Å². The molecular formula is C62H65ClN8O8S2. The summed E-state index contributed by atoms with van der Waals surface area (Å²) in [5.74, 6) is 11.8. The average Bonchev–Trinajstić information content (AvgIpc) is 3.57. The van der Waals surface area contributed by atoms with E-state index in [0.717, 1.165) is 48.2 Å². The average molecular weight is 1150 g/mol. The highest BCUT2D eigenvalue weighted by atomic mass is 35.5. The molecule has 4 heterocycles. The Labute approximate surface area is 486 Å². The predicted molar refractivity (Wildman–Crippen MR) is 327 cm³/mol. The van der Waals surface area contributed by atoms with Crippen LogP contribution < -0.4 is 53.8 Å². The molecule has 16 nitrogen and oxygen atoms in total. The molecule has 6 aromatic carbocycles. The molecule has 2 fully saturated rings. The van der Waals surface area contributed by atoms with E-state index in [4.69, 9.17) is 49.5 Å². The number of nitrogens with one attached hydrogen (secondary N) is 3. The number of pyridine rings is 2. The van der Waals surface area contributed by atoms with Gasteiger partial charge in [0.15, 0.2) is 46.0 Å². The molecule has 0 unspecified atom stereocenters. The van der Waals surface area contributed by atoms with Crippen molar-refractivity contribution < 1.29 is 37.9 Å². The SMILES string of the molecule is C1CSCCN1.COc1cc2c(Nc3ccc(Oc4ccccc4OC)cc3)c(C#N)cnc2cc1OCCCCl.COc1cc2c(Nc3ccc(Oc4ccccc4OC)cc3)c(C#N)cnc2cc1OCCCN1CCSCC1. The molecule has 2 saturated heterocycles. The number of hydrogen-bond donors (Lipinski definition) is 3. The molecule has 0 atom stereocenters. The summed E-state index contributed by atoms with van der Waals surface area (Å²) in [6.45, 7) is 6.80. The molecule has 420 valence electrons. The van der Waals surface area contributed by atoms with E-state index in [9.17, 15) is 10.5 Å². The first-order valence-corrected chi connectivity index (χ1v) is 29.3. The van der Waals surface area contributed by atoms with Crippen LogP contribution in [0.4, 0.5) is 22.7 Å². The van der Waals surface area contributed by atoms with Gasteiger partial charge >= 0.3 is 0 Å². The van der Waals surface area contributed by atoms with Crippen LogP contribution in [0.5, 0.6) is 57.5 Å². The van der Waals surface area contributed by atoms with Crippen molar-refractivity contribution in [3.05, 3.63) is 145 Å². The molecule has 0 radical (unpaired) electrons. The van der Waals surface area contributed by atoms with Gasteiger partial charge in [0, 0.05) is 108 Å². The van der Waals surface area contributed by atoms with Crippen molar-refractivity contribution in [2.45, 2.75) is 12.8 Å². The number of halogens is 1. The van der Waals surface area contributed by atoms with E-state index < -0.39 is 0 Å². The van der Waals surface area contributed by atoms with Crippen LogP contribution in [-0.4, -0.2) is 118 Å². The van der Waals surface area contributed by atoms with E-state index in [2.05, 4.69) is 43.0 Å². The minimum Gasteiger partial charge on any atom is -0.493 e. The van der Waals surface area contributed by atoms with E-state index in [1.54, 1.807) is 46.9 Å². The van der Waals surface area contributed by atoms with Gasteiger partial charge in [-0.25, -0.2) is 0 Å². The van der Waals surface area contributed by atoms with Crippen molar-refractivity contribution in [2.75, 3.05) is 114 Å². The number of hydrogen-bond acceptors (Lipinski definition) is 18. The predicted octanol–water partition coefficient (Wildman–Crippen LogP) is 13.5. The van der Waals surface area contributed by atoms with Crippen LogP contribution in [0.2, 0.25) is 0 Å². The molecule has 8 aromatic rings. The van der Waals surface area contributed by atoms with Gasteiger partial charge in [0.1, 0.15) is 23.6 Å².